The molecule has 3 rings (SSSR count). The fourth-order valence-electron chi connectivity index (χ4n) is 3.05. The average Bonchev–Trinajstić information content (AvgIpc) is 3.06. The van der Waals surface area contributed by atoms with Crippen LogP contribution in [0, 0.1) is 18.3 Å². The molecule has 0 N–H and O–H groups in total. The number of amides is 1. The Kier molecular flexibility index (Phi) is 3.45. The molecule has 0 radical (unpaired) electrons. The maximum atomic E-state index is 11.5. The molecule has 1 aliphatic heterocycles. The minimum Gasteiger partial charge on any atom is -0.341 e. The highest BCUT2D eigenvalue weighted by molar-refractivity contribution is 5.74. The van der Waals surface area contributed by atoms with Gasteiger partial charge in [0.05, 0.1) is 30.4 Å². The summed E-state index contributed by atoms with van der Waals surface area (Å²) in [5, 5.41) is 13.4. The topological polar surface area (TPSA) is 61.9 Å². The van der Waals surface area contributed by atoms with Gasteiger partial charge in [-0.1, -0.05) is 6.07 Å². The maximum absolute atomic E-state index is 11.5. The largest absolute Gasteiger partial charge is 0.341 e. The number of benzene rings is 1. The summed E-state index contributed by atoms with van der Waals surface area (Å²) >= 11 is 0. The molecule has 2 aromatic rings. The van der Waals surface area contributed by atoms with E-state index in [-0.39, 0.29) is 11.9 Å². The van der Waals surface area contributed by atoms with Gasteiger partial charge in [-0.15, -0.1) is 0 Å². The first-order valence-corrected chi connectivity index (χ1v) is 7.30. The molecule has 0 saturated heterocycles. The van der Waals surface area contributed by atoms with E-state index < -0.39 is 0 Å². The summed E-state index contributed by atoms with van der Waals surface area (Å²) in [5.41, 5.74) is 5.09. The molecule has 0 aliphatic carbocycles. The Labute approximate surface area is 129 Å². The zero-order valence-electron chi connectivity index (χ0n) is 13.0. The van der Waals surface area contributed by atoms with Crippen LogP contribution in [-0.2, 0) is 17.8 Å². The Balaban J connectivity index is 1.95. The van der Waals surface area contributed by atoms with Gasteiger partial charge in [-0.3, -0.25) is 9.48 Å². The summed E-state index contributed by atoms with van der Waals surface area (Å²) < 4.78 is 1.98. The van der Waals surface area contributed by atoms with Gasteiger partial charge in [0, 0.05) is 31.6 Å². The number of carbonyl (C=O) groups excluding carboxylic acids is 1. The maximum Gasteiger partial charge on any atom is 0.219 e. The number of aryl methyl sites for hydroxylation is 1. The molecule has 5 nitrogen and oxygen atoms in total. The summed E-state index contributed by atoms with van der Waals surface area (Å²) in [6, 6.07) is 8.04. The zero-order chi connectivity index (χ0) is 15.9. The van der Waals surface area contributed by atoms with Crippen LogP contribution in [0.4, 0.5) is 0 Å². The molecule has 1 atom stereocenters. The van der Waals surface area contributed by atoms with Gasteiger partial charge in [-0.25, -0.2) is 0 Å². The summed E-state index contributed by atoms with van der Waals surface area (Å²) in [4.78, 5) is 13.3. The Morgan fingerprint density at radius 2 is 2.23 bits per heavy atom. The van der Waals surface area contributed by atoms with Crippen molar-refractivity contribution in [1.82, 2.24) is 14.7 Å². The second-order valence-corrected chi connectivity index (χ2v) is 5.82. The van der Waals surface area contributed by atoms with E-state index in [1.807, 2.05) is 43.0 Å². The number of nitrogens with zero attached hydrogens (tertiary/aromatic N) is 4. The van der Waals surface area contributed by atoms with Crippen molar-refractivity contribution < 1.29 is 4.79 Å². The number of hydrogen-bond acceptors (Lipinski definition) is 3. The smallest absolute Gasteiger partial charge is 0.219 e. The number of rotatable bonds is 2. The van der Waals surface area contributed by atoms with Crippen LogP contribution in [0.5, 0.6) is 0 Å². The normalized spacial score (nSPS) is 16.2. The summed E-state index contributed by atoms with van der Waals surface area (Å²) in [6.07, 6.45) is 2.69. The zero-order valence-corrected chi connectivity index (χ0v) is 13.0. The van der Waals surface area contributed by atoms with E-state index in [0.717, 1.165) is 35.3 Å². The van der Waals surface area contributed by atoms with Crippen molar-refractivity contribution in [1.29, 1.82) is 5.26 Å². The molecule has 0 spiro atoms. The van der Waals surface area contributed by atoms with Crippen LogP contribution in [0.2, 0.25) is 0 Å². The highest BCUT2D eigenvalue weighted by Crippen LogP contribution is 2.32. The lowest BCUT2D eigenvalue weighted by atomic mass is 9.98. The molecule has 22 heavy (non-hydrogen) atoms. The minimum absolute atomic E-state index is 0.0758. The Morgan fingerprint density at radius 3 is 2.86 bits per heavy atom. The van der Waals surface area contributed by atoms with Crippen molar-refractivity contribution in [3.63, 3.8) is 0 Å². The van der Waals surface area contributed by atoms with Crippen LogP contribution in [0.3, 0.4) is 0 Å². The van der Waals surface area contributed by atoms with Crippen LogP contribution in [-0.4, -0.2) is 33.7 Å². The summed E-state index contributed by atoms with van der Waals surface area (Å²) in [6.45, 7) is 4.34. The second-order valence-electron chi connectivity index (χ2n) is 5.82. The van der Waals surface area contributed by atoms with E-state index in [0.29, 0.717) is 5.56 Å². The lowest BCUT2D eigenvalue weighted by molar-refractivity contribution is -0.129. The van der Waals surface area contributed by atoms with E-state index in [1.54, 1.807) is 11.8 Å². The van der Waals surface area contributed by atoms with Crippen LogP contribution in [0.1, 0.15) is 23.7 Å². The molecule has 1 unspecified atom stereocenters. The van der Waals surface area contributed by atoms with Gasteiger partial charge in [0.1, 0.15) is 0 Å². The van der Waals surface area contributed by atoms with E-state index in [4.69, 9.17) is 5.26 Å². The predicted molar refractivity (Wildman–Crippen MR) is 83.1 cm³/mol. The third kappa shape index (κ3) is 2.27. The van der Waals surface area contributed by atoms with Crippen molar-refractivity contribution in [2.45, 2.75) is 32.9 Å². The molecule has 1 aromatic heterocycles. The molecule has 112 valence electrons. The first-order valence-electron chi connectivity index (χ1n) is 7.30. The molecular weight excluding hydrogens is 276 g/mol. The number of nitriles is 1. The van der Waals surface area contributed by atoms with E-state index in [9.17, 15) is 4.79 Å². The van der Waals surface area contributed by atoms with Gasteiger partial charge in [0.15, 0.2) is 0 Å². The van der Waals surface area contributed by atoms with E-state index in [1.165, 1.54) is 0 Å². The average molecular weight is 294 g/mol. The fraction of sp³-hybridized carbons (Fsp3) is 0.353. The molecule has 1 aromatic carbocycles. The molecule has 0 fully saturated rings. The molecule has 5 heteroatoms. The van der Waals surface area contributed by atoms with Crippen molar-refractivity contribution in [2.24, 2.45) is 0 Å². The molecular formula is C17H18N4O. The van der Waals surface area contributed by atoms with Gasteiger partial charge in [0.2, 0.25) is 5.91 Å². The lowest BCUT2D eigenvalue weighted by Gasteiger charge is -2.22. The Bertz CT molecular complexity index is 784. The standard InChI is InChI=1S/C17H18N4O/c1-11-6-13(8-18)4-5-15(11)16-9-19-21-10-14(7-17(16)21)20(3)12(2)22/h4-6,9,14H,7,10H2,1-3H3. The summed E-state index contributed by atoms with van der Waals surface area (Å²) in [5.74, 6) is 0.0758. The highest BCUT2D eigenvalue weighted by atomic mass is 16.2. The molecule has 1 aliphatic rings. The third-order valence-corrected chi connectivity index (χ3v) is 4.45. The monoisotopic (exact) mass is 294 g/mol. The first kappa shape index (κ1) is 14.3. The fourth-order valence-corrected chi connectivity index (χ4v) is 3.05. The van der Waals surface area contributed by atoms with E-state index in [2.05, 4.69) is 11.2 Å². The van der Waals surface area contributed by atoms with Crippen LogP contribution >= 0.6 is 0 Å². The van der Waals surface area contributed by atoms with Crippen molar-refractivity contribution in [2.75, 3.05) is 7.05 Å². The molecule has 1 amide bonds. The van der Waals surface area contributed by atoms with Crippen LogP contribution in [0.25, 0.3) is 11.1 Å². The molecule has 0 saturated carbocycles. The number of hydrogen-bond donors (Lipinski definition) is 0. The third-order valence-electron chi connectivity index (χ3n) is 4.45. The predicted octanol–water partition coefficient (Wildman–Crippen LogP) is 2.13. The van der Waals surface area contributed by atoms with Crippen LogP contribution in [0.15, 0.2) is 24.4 Å². The van der Waals surface area contributed by atoms with Crippen molar-refractivity contribution in [3.05, 3.63) is 41.2 Å². The molecule has 2 heterocycles. The first-order chi connectivity index (χ1) is 10.5. The number of aromatic nitrogens is 2. The van der Waals surface area contributed by atoms with Gasteiger partial charge >= 0.3 is 0 Å². The Morgan fingerprint density at radius 1 is 1.45 bits per heavy atom. The molecule has 0 bridgehead atoms. The highest BCUT2D eigenvalue weighted by Gasteiger charge is 2.29. The van der Waals surface area contributed by atoms with Crippen LogP contribution < -0.4 is 0 Å². The van der Waals surface area contributed by atoms with Gasteiger partial charge in [-0.05, 0) is 30.2 Å². The Hall–Kier alpha value is -2.61. The number of likely N-dealkylation sites (N-methyl/N-ethyl adjacent to an activating group) is 1. The SMILES string of the molecule is CC(=O)N(C)C1Cc2c(-c3ccc(C#N)cc3C)cnn2C1. The van der Waals surface area contributed by atoms with Gasteiger partial charge in [-0.2, -0.15) is 10.4 Å². The summed E-state index contributed by atoms with van der Waals surface area (Å²) in [7, 11) is 1.84. The van der Waals surface area contributed by atoms with Crippen molar-refractivity contribution >= 4 is 5.91 Å². The number of carbonyl (C=O) groups is 1. The van der Waals surface area contributed by atoms with Crippen molar-refractivity contribution in [3.8, 4) is 17.2 Å². The van der Waals surface area contributed by atoms with Gasteiger partial charge in [0.25, 0.3) is 0 Å². The van der Waals surface area contributed by atoms with Gasteiger partial charge < -0.3 is 4.90 Å². The lowest BCUT2D eigenvalue weighted by Crippen LogP contribution is -2.36. The minimum atomic E-state index is 0.0758. The van der Waals surface area contributed by atoms with E-state index >= 15 is 0 Å². The quantitative estimate of drug-likeness (QED) is 0.852. The number of fused-ring (bicyclic) bond motifs is 1. The second kappa shape index (κ2) is 5.30.